The van der Waals surface area contributed by atoms with Gasteiger partial charge in [-0.2, -0.15) is 5.10 Å². The first kappa shape index (κ1) is 22.9. The zero-order valence-corrected chi connectivity index (χ0v) is 19.5. The Labute approximate surface area is 200 Å². The van der Waals surface area contributed by atoms with Crippen molar-refractivity contribution in [2.24, 2.45) is 5.10 Å². The lowest BCUT2D eigenvalue weighted by molar-refractivity contribution is 0.0950. The number of carbonyl (C=O) groups excluding carboxylic acids is 2. The second-order valence-corrected chi connectivity index (χ2v) is 8.33. The first-order valence-electron chi connectivity index (χ1n) is 10.3. The van der Waals surface area contributed by atoms with Gasteiger partial charge in [0.15, 0.2) is 5.76 Å². The molecule has 0 radical (unpaired) electrons. The second kappa shape index (κ2) is 9.68. The van der Waals surface area contributed by atoms with Gasteiger partial charge in [0.1, 0.15) is 11.5 Å². The van der Waals surface area contributed by atoms with E-state index in [1.54, 1.807) is 49.4 Å². The maximum atomic E-state index is 12.9. The molecule has 9 heteroatoms. The van der Waals surface area contributed by atoms with Crippen molar-refractivity contribution in [3.63, 3.8) is 0 Å². The maximum Gasteiger partial charge on any atom is 0.291 e. The number of nitrogens with zero attached hydrogens (tertiary/aromatic N) is 1. The number of amides is 2. The lowest BCUT2D eigenvalue weighted by atomic mass is 9.93. The number of aryl methyl sites for hydroxylation is 1. The molecular formula is C24H21Cl2N3O4. The summed E-state index contributed by atoms with van der Waals surface area (Å²) in [5, 5.41) is 7.91. The predicted octanol–water partition coefficient (Wildman–Crippen LogP) is 5.63. The summed E-state index contributed by atoms with van der Waals surface area (Å²) < 4.78 is 11.1. The fourth-order valence-corrected chi connectivity index (χ4v) is 4.12. The molecule has 0 aliphatic heterocycles. The highest BCUT2D eigenvalue weighted by Gasteiger charge is 2.28. The minimum Gasteiger partial charge on any atom is -0.496 e. The summed E-state index contributed by atoms with van der Waals surface area (Å²) in [6.45, 7) is 1.79. The number of ether oxygens (including phenoxy) is 1. The van der Waals surface area contributed by atoms with Crippen LogP contribution in [0.25, 0.3) is 0 Å². The van der Waals surface area contributed by atoms with Gasteiger partial charge < -0.3 is 14.5 Å². The molecule has 0 unspecified atom stereocenters. The maximum absolute atomic E-state index is 12.9. The summed E-state index contributed by atoms with van der Waals surface area (Å²) in [4.78, 5) is 25.5. The van der Waals surface area contributed by atoms with Crippen LogP contribution >= 0.6 is 23.2 Å². The van der Waals surface area contributed by atoms with Crippen molar-refractivity contribution in [1.29, 1.82) is 0 Å². The number of methoxy groups -OCH3 is 1. The summed E-state index contributed by atoms with van der Waals surface area (Å²) >= 11 is 12.2. The van der Waals surface area contributed by atoms with E-state index in [9.17, 15) is 9.59 Å². The number of para-hydroxylation sites is 1. The van der Waals surface area contributed by atoms with E-state index in [0.717, 1.165) is 12.0 Å². The van der Waals surface area contributed by atoms with Crippen molar-refractivity contribution in [1.82, 2.24) is 5.43 Å². The number of furan rings is 1. The first-order valence-corrected chi connectivity index (χ1v) is 11.0. The number of hydrazone groups is 1. The van der Waals surface area contributed by atoms with E-state index in [2.05, 4.69) is 15.8 Å². The molecule has 0 fully saturated rings. The van der Waals surface area contributed by atoms with Crippen LogP contribution in [0.5, 0.6) is 5.75 Å². The Morgan fingerprint density at radius 3 is 2.67 bits per heavy atom. The fraction of sp³-hybridized carbons (Fsp3) is 0.208. The monoisotopic (exact) mass is 485 g/mol. The van der Waals surface area contributed by atoms with Crippen molar-refractivity contribution < 1.29 is 18.7 Å². The third-order valence-corrected chi connectivity index (χ3v) is 5.92. The summed E-state index contributed by atoms with van der Waals surface area (Å²) in [7, 11) is 1.50. The number of nitrogens with one attached hydrogen (secondary N) is 2. The molecule has 0 bridgehead atoms. The molecule has 2 amide bonds. The molecule has 1 heterocycles. The van der Waals surface area contributed by atoms with Crippen LogP contribution in [-0.4, -0.2) is 24.6 Å². The Morgan fingerprint density at radius 2 is 1.88 bits per heavy atom. The van der Waals surface area contributed by atoms with E-state index < -0.39 is 5.91 Å². The van der Waals surface area contributed by atoms with Gasteiger partial charge >= 0.3 is 0 Å². The predicted molar refractivity (Wildman–Crippen MR) is 128 cm³/mol. The van der Waals surface area contributed by atoms with E-state index in [-0.39, 0.29) is 11.7 Å². The molecule has 1 aromatic heterocycles. The van der Waals surface area contributed by atoms with Gasteiger partial charge in [0.05, 0.1) is 29.1 Å². The molecule has 2 aromatic carbocycles. The minimum atomic E-state index is -0.441. The lowest BCUT2D eigenvalue weighted by Gasteiger charge is -2.14. The van der Waals surface area contributed by atoms with Crippen LogP contribution in [0.2, 0.25) is 10.0 Å². The zero-order chi connectivity index (χ0) is 23.5. The topological polar surface area (TPSA) is 92.9 Å². The molecule has 33 heavy (non-hydrogen) atoms. The molecule has 0 atom stereocenters. The van der Waals surface area contributed by atoms with Crippen molar-refractivity contribution in [2.45, 2.75) is 26.2 Å². The Morgan fingerprint density at radius 1 is 1.09 bits per heavy atom. The number of rotatable bonds is 5. The number of halogens is 2. The number of fused-ring (bicyclic) bond motifs is 1. The summed E-state index contributed by atoms with van der Waals surface area (Å²) in [6.07, 6.45) is 2.09. The highest BCUT2D eigenvalue weighted by molar-refractivity contribution is 6.35. The molecular weight excluding hydrogens is 465 g/mol. The van der Waals surface area contributed by atoms with Crippen LogP contribution in [0.15, 0.2) is 52.0 Å². The lowest BCUT2D eigenvalue weighted by Crippen LogP contribution is -2.22. The van der Waals surface area contributed by atoms with Crippen molar-refractivity contribution >= 4 is 46.4 Å². The quantitative estimate of drug-likeness (QED) is 0.458. The number of anilines is 1. The largest absolute Gasteiger partial charge is 0.496 e. The highest BCUT2D eigenvalue weighted by atomic mass is 35.5. The molecule has 3 aromatic rings. The zero-order valence-electron chi connectivity index (χ0n) is 18.0. The van der Waals surface area contributed by atoms with E-state index in [0.29, 0.717) is 56.9 Å². The Kier molecular flexibility index (Phi) is 6.72. The average molecular weight is 486 g/mol. The van der Waals surface area contributed by atoms with Crippen molar-refractivity contribution in [3.05, 3.63) is 80.7 Å². The number of hydrogen-bond acceptors (Lipinski definition) is 5. The number of benzene rings is 2. The minimum absolute atomic E-state index is 0.168. The molecule has 1 aliphatic rings. The Balaban J connectivity index is 1.59. The van der Waals surface area contributed by atoms with E-state index in [1.807, 2.05) is 0 Å². The normalized spacial score (nSPS) is 14.0. The van der Waals surface area contributed by atoms with Crippen LogP contribution < -0.4 is 15.5 Å². The van der Waals surface area contributed by atoms with Crippen molar-refractivity contribution in [3.8, 4) is 5.75 Å². The molecule has 170 valence electrons. The van der Waals surface area contributed by atoms with E-state index in [4.69, 9.17) is 32.4 Å². The molecule has 2 N–H and O–H groups in total. The van der Waals surface area contributed by atoms with Gasteiger partial charge in [0, 0.05) is 22.6 Å². The Hall–Kier alpha value is -3.29. The van der Waals surface area contributed by atoms with Gasteiger partial charge in [-0.25, -0.2) is 5.43 Å². The molecule has 0 saturated heterocycles. The number of carbonyl (C=O) groups is 2. The molecule has 7 nitrogen and oxygen atoms in total. The smallest absolute Gasteiger partial charge is 0.291 e. The van der Waals surface area contributed by atoms with Gasteiger partial charge in [-0.3, -0.25) is 9.59 Å². The van der Waals surface area contributed by atoms with Crippen LogP contribution in [0, 0.1) is 6.92 Å². The summed E-state index contributed by atoms with van der Waals surface area (Å²) in [5.74, 6) is 0.455. The highest BCUT2D eigenvalue weighted by Crippen LogP contribution is 2.31. The van der Waals surface area contributed by atoms with Crippen LogP contribution in [0.1, 0.15) is 50.6 Å². The van der Waals surface area contributed by atoms with Crippen LogP contribution in [-0.2, 0) is 6.42 Å². The van der Waals surface area contributed by atoms with Gasteiger partial charge in [-0.05, 0) is 50.1 Å². The molecule has 1 aliphatic carbocycles. The third-order valence-electron chi connectivity index (χ3n) is 5.35. The second-order valence-electron chi connectivity index (χ2n) is 7.49. The summed E-state index contributed by atoms with van der Waals surface area (Å²) in [6, 6.07) is 11.7. The van der Waals surface area contributed by atoms with E-state index >= 15 is 0 Å². The first-order chi connectivity index (χ1) is 15.9. The van der Waals surface area contributed by atoms with Gasteiger partial charge in [0.2, 0.25) is 0 Å². The average Bonchev–Trinajstić information content (AvgIpc) is 3.17. The number of hydrogen-bond donors (Lipinski definition) is 2. The Bertz CT molecular complexity index is 1270. The van der Waals surface area contributed by atoms with Gasteiger partial charge in [-0.1, -0.05) is 35.3 Å². The van der Waals surface area contributed by atoms with E-state index in [1.165, 1.54) is 7.11 Å². The SMILES string of the molecule is COc1ccccc1C(=O)N/N=C1\CCCc2oc(C(=O)Nc3cc(Cl)ccc3Cl)c(C)c21. The van der Waals surface area contributed by atoms with Crippen LogP contribution in [0.4, 0.5) is 5.69 Å². The third kappa shape index (κ3) is 4.74. The van der Waals surface area contributed by atoms with Crippen molar-refractivity contribution in [2.75, 3.05) is 12.4 Å². The molecule has 0 saturated carbocycles. The van der Waals surface area contributed by atoms with Gasteiger partial charge in [-0.15, -0.1) is 0 Å². The van der Waals surface area contributed by atoms with Crippen LogP contribution in [0.3, 0.4) is 0 Å². The molecule has 0 spiro atoms. The standard InChI is InChI=1S/C24H21Cl2N3O4/c1-13-21-17(28-29-23(30)15-6-3-4-8-19(15)32-2)7-5-9-20(21)33-22(13)24(31)27-18-12-14(25)10-11-16(18)26/h3-4,6,8,10-12H,5,7,9H2,1-2H3,(H,27,31)(H,29,30)/b28-17+. The molecule has 4 rings (SSSR count). The van der Waals surface area contributed by atoms with Gasteiger partial charge in [0.25, 0.3) is 11.8 Å². The summed E-state index contributed by atoms with van der Waals surface area (Å²) in [5.41, 5.74) is 5.40. The fourth-order valence-electron chi connectivity index (χ4n) is 3.78.